The number of ether oxygens (including phenoxy) is 2. The van der Waals surface area contributed by atoms with E-state index in [0.29, 0.717) is 18.8 Å². The van der Waals surface area contributed by atoms with Crippen LogP contribution in [0, 0.1) is 0 Å². The third-order valence-corrected chi connectivity index (χ3v) is 4.37. The van der Waals surface area contributed by atoms with Crippen LogP contribution in [0.5, 0.6) is 0 Å². The molecule has 29 heavy (non-hydrogen) atoms. The molecule has 2 aromatic carbocycles. The van der Waals surface area contributed by atoms with E-state index in [1.807, 2.05) is 55.5 Å². The second-order valence-electron chi connectivity index (χ2n) is 6.38. The van der Waals surface area contributed by atoms with Crippen molar-refractivity contribution in [1.29, 1.82) is 0 Å². The first-order chi connectivity index (χ1) is 14.1. The third-order valence-electron chi connectivity index (χ3n) is 4.37. The largest absolute Gasteiger partial charge is 0.470 e. The Morgan fingerprint density at radius 1 is 1.07 bits per heavy atom. The highest BCUT2D eigenvalue weighted by Crippen LogP contribution is 2.20. The summed E-state index contributed by atoms with van der Waals surface area (Å²) in [5, 5.41) is 2.90. The minimum absolute atomic E-state index is 0.0373. The van der Waals surface area contributed by atoms with Crippen molar-refractivity contribution in [3.8, 4) is 0 Å². The first-order valence-electron chi connectivity index (χ1n) is 9.29. The number of hydrogen-bond donors (Lipinski definition) is 1. The van der Waals surface area contributed by atoms with Crippen LogP contribution in [-0.2, 0) is 30.4 Å². The van der Waals surface area contributed by atoms with E-state index in [0.717, 1.165) is 5.56 Å². The van der Waals surface area contributed by atoms with E-state index in [1.54, 1.807) is 17.0 Å². The predicted octanol–water partition coefficient (Wildman–Crippen LogP) is 2.50. The maximum atomic E-state index is 12.5. The predicted molar refractivity (Wildman–Crippen MR) is 107 cm³/mol. The van der Waals surface area contributed by atoms with Gasteiger partial charge in [-0.3, -0.25) is 9.59 Å². The van der Waals surface area contributed by atoms with Crippen LogP contribution in [0.4, 0.5) is 5.69 Å². The Hall–Kier alpha value is -3.61. The molecule has 150 valence electrons. The van der Waals surface area contributed by atoms with Gasteiger partial charge in [-0.25, -0.2) is 4.79 Å². The number of nitrogens with zero attached hydrogens (tertiary/aromatic N) is 1. The molecule has 0 fully saturated rings. The Bertz CT molecular complexity index is 909. The molecular weight excluding hydrogens is 372 g/mol. The van der Waals surface area contributed by atoms with Crippen LogP contribution in [-0.4, -0.2) is 42.3 Å². The van der Waals surface area contributed by atoms with Crippen LogP contribution in [0.15, 0.2) is 72.1 Å². The molecule has 1 aliphatic heterocycles. The Balaban J connectivity index is 1.62. The number of likely N-dealkylation sites (N-methyl/N-ethyl adjacent to an activating group) is 1. The molecule has 0 atom stereocenters. The minimum Gasteiger partial charge on any atom is -0.470 e. The number of amides is 1. The number of ketones is 1. The molecule has 0 saturated carbocycles. The Labute approximate surface area is 168 Å². The van der Waals surface area contributed by atoms with Crippen LogP contribution in [0.2, 0.25) is 0 Å². The number of rotatable bonds is 8. The molecule has 0 saturated heterocycles. The van der Waals surface area contributed by atoms with E-state index in [-0.39, 0.29) is 24.0 Å². The highest BCUT2D eigenvalue weighted by atomic mass is 16.5. The van der Waals surface area contributed by atoms with Crippen molar-refractivity contribution < 1.29 is 23.9 Å². The Kier molecular flexibility index (Phi) is 6.63. The molecule has 0 radical (unpaired) electrons. The van der Waals surface area contributed by atoms with Crippen molar-refractivity contribution in [2.75, 3.05) is 25.1 Å². The number of carbonyl (C=O) groups excluding carboxylic acids is 3. The van der Waals surface area contributed by atoms with E-state index in [4.69, 9.17) is 9.47 Å². The molecule has 7 heteroatoms. The van der Waals surface area contributed by atoms with Crippen molar-refractivity contribution in [3.05, 3.63) is 77.7 Å². The van der Waals surface area contributed by atoms with E-state index in [9.17, 15) is 14.4 Å². The van der Waals surface area contributed by atoms with Gasteiger partial charge in [-0.05, 0) is 24.6 Å². The Morgan fingerprint density at radius 2 is 1.72 bits per heavy atom. The molecular formula is C22H22N2O5. The second kappa shape index (κ2) is 9.54. The summed E-state index contributed by atoms with van der Waals surface area (Å²) in [4.78, 5) is 38.5. The molecule has 1 heterocycles. The summed E-state index contributed by atoms with van der Waals surface area (Å²) >= 11 is 0. The van der Waals surface area contributed by atoms with Crippen LogP contribution in [0.1, 0.15) is 12.5 Å². The quantitative estimate of drug-likeness (QED) is 0.547. The van der Waals surface area contributed by atoms with Gasteiger partial charge in [0.05, 0.1) is 0 Å². The SMILES string of the molecule is CCN(Cc1ccccc1)C(=O)COC(=O)C1=C(Nc2ccccc2)OCC1=O. The molecule has 1 amide bonds. The summed E-state index contributed by atoms with van der Waals surface area (Å²) in [7, 11) is 0. The molecule has 7 nitrogen and oxygen atoms in total. The zero-order chi connectivity index (χ0) is 20.6. The second-order valence-corrected chi connectivity index (χ2v) is 6.38. The maximum Gasteiger partial charge on any atom is 0.347 e. The fraction of sp³-hybridized carbons (Fsp3) is 0.227. The third kappa shape index (κ3) is 5.22. The topological polar surface area (TPSA) is 84.9 Å². The van der Waals surface area contributed by atoms with Crippen molar-refractivity contribution in [2.45, 2.75) is 13.5 Å². The first kappa shape index (κ1) is 20.1. The van der Waals surface area contributed by atoms with E-state index >= 15 is 0 Å². The van der Waals surface area contributed by atoms with E-state index in [1.165, 1.54) is 0 Å². The van der Waals surface area contributed by atoms with Crippen LogP contribution >= 0.6 is 0 Å². The summed E-state index contributed by atoms with van der Waals surface area (Å²) in [6.07, 6.45) is 0. The summed E-state index contributed by atoms with van der Waals surface area (Å²) in [6, 6.07) is 18.5. The van der Waals surface area contributed by atoms with Crippen molar-refractivity contribution in [1.82, 2.24) is 4.90 Å². The fourth-order valence-corrected chi connectivity index (χ4v) is 2.84. The molecule has 0 spiro atoms. The van der Waals surface area contributed by atoms with Gasteiger partial charge in [0.15, 0.2) is 18.8 Å². The van der Waals surface area contributed by atoms with Gasteiger partial charge in [-0.15, -0.1) is 0 Å². The maximum absolute atomic E-state index is 12.5. The van der Waals surface area contributed by atoms with Crippen LogP contribution in [0.25, 0.3) is 0 Å². The smallest absolute Gasteiger partial charge is 0.347 e. The normalized spacial score (nSPS) is 13.1. The van der Waals surface area contributed by atoms with Gasteiger partial charge < -0.3 is 19.7 Å². The lowest BCUT2D eigenvalue weighted by molar-refractivity contribution is -0.149. The molecule has 0 aromatic heterocycles. The lowest BCUT2D eigenvalue weighted by atomic mass is 10.2. The molecule has 1 N–H and O–H groups in total. The van der Waals surface area contributed by atoms with Crippen molar-refractivity contribution >= 4 is 23.3 Å². The number of esters is 1. The summed E-state index contributed by atoms with van der Waals surface area (Å²) < 4.78 is 10.4. The lowest BCUT2D eigenvalue weighted by Gasteiger charge is -2.20. The lowest BCUT2D eigenvalue weighted by Crippen LogP contribution is -2.34. The van der Waals surface area contributed by atoms with Gasteiger partial charge in [0.2, 0.25) is 11.7 Å². The number of benzene rings is 2. The van der Waals surface area contributed by atoms with Gasteiger partial charge in [0, 0.05) is 18.8 Å². The molecule has 3 rings (SSSR count). The van der Waals surface area contributed by atoms with E-state index in [2.05, 4.69) is 5.32 Å². The summed E-state index contributed by atoms with van der Waals surface area (Å²) in [5.74, 6) is -1.67. The zero-order valence-corrected chi connectivity index (χ0v) is 16.1. The molecule has 0 unspecified atom stereocenters. The number of nitrogens with one attached hydrogen (secondary N) is 1. The molecule has 0 aliphatic carbocycles. The van der Waals surface area contributed by atoms with Gasteiger partial charge in [0.25, 0.3) is 5.91 Å². The number of hydrogen-bond acceptors (Lipinski definition) is 6. The molecule has 1 aliphatic rings. The first-order valence-corrected chi connectivity index (χ1v) is 9.29. The monoisotopic (exact) mass is 394 g/mol. The van der Waals surface area contributed by atoms with E-state index < -0.39 is 18.4 Å². The highest BCUT2D eigenvalue weighted by Gasteiger charge is 2.33. The standard InChI is InChI=1S/C22H22N2O5/c1-2-24(13-16-9-5-3-6-10-16)19(26)15-29-22(27)20-18(25)14-28-21(20)23-17-11-7-4-8-12-17/h3-12,23H,2,13-15H2,1H3. The number of anilines is 1. The summed E-state index contributed by atoms with van der Waals surface area (Å²) in [5.41, 5.74) is 1.43. The van der Waals surface area contributed by atoms with Crippen LogP contribution in [0.3, 0.4) is 0 Å². The molecule has 0 bridgehead atoms. The summed E-state index contributed by atoms with van der Waals surface area (Å²) in [6.45, 7) is 2.04. The van der Waals surface area contributed by atoms with Crippen molar-refractivity contribution in [2.24, 2.45) is 0 Å². The average molecular weight is 394 g/mol. The number of para-hydroxylation sites is 1. The minimum atomic E-state index is -0.880. The highest BCUT2D eigenvalue weighted by molar-refractivity contribution is 6.20. The number of carbonyl (C=O) groups is 3. The van der Waals surface area contributed by atoms with Gasteiger partial charge in [-0.2, -0.15) is 0 Å². The average Bonchev–Trinajstić information content (AvgIpc) is 3.11. The number of Topliss-reactive ketones (excluding diaryl/α,β-unsaturated/α-hetero) is 1. The van der Waals surface area contributed by atoms with Gasteiger partial charge >= 0.3 is 5.97 Å². The van der Waals surface area contributed by atoms with Gasteiger partial charge in [0.1, 0.15) is 0 Å². The fourth-order valence-electron chi connectivity index (χ4n) is 2.84. The zero-order valence-electron chi connectivity index (χ0n) is 16.1. The molecule has 2 aromatic rings. The van der Waals surface area contributed by atoms with Crippen LogP contribution < -0.4 is 5.32 Å². The van der Waals surface area contributed by atoms with Crippen molar-refractivity contribution in [3.63, 3.8) is 0 Å². The van der Waals surface area contributed by atoms with Gasteiger partial charge in [-0.1, -0.05) is 48.5 Å². The Morgan fingerprint density at radius 3 is 2.38 bits per heavy atom.